The molecule has 0 spiro atoms. The van der Waals surface area contributed by atoms with Crippen molar-refractivity contribution >= 4 is 17.3 Å². The SMILES string of the molecule is CC#C[C@]1(C(=O)CC)CC[C@H]2[C@@H]3CCC4=CC(=O)CCC4=C3[C@@H](c3ccc(NC)cc3)C[C@@]21C. The predicted octanol–water partition coefficient (Wildman–Crippen LogP) is 6.62. The molecule has 178 valence electrons. The van der Waals surface area contributed by atoms with Crippen molar-refractivity contribution in [1.82, 2.24) is 0 Å². The standard InChI is InChI=1S/C31H37NO2/c1-5-16-31(28(34)6-2)17-15-27-25-13-9-21-18-23(33)12-14-24(21)29(25)26(19-30(27,31)3)20-7-10-22(32-4)11-8-20/h7-8,10-11,18,25-27,32H,6,9,12-15,17,19H2,1-4H3/t25-,26+,27-,30-,31+/m0/s1. The molecule has 1 aromatic carbocycles. The number of Topliss-reactive ketones (excluding diaryl/α,β-unsaturated/α-hetero) is 1. The molecule has 2 fully saturated rings. The predicted molar refractivity (Wildman–Crippen MR) is 137 cm³/mol. The first-order chi connectivity index (χ1) is 16.4. The normalized spacial score (nSPS) is 34.3. The Balaban J connectivity index is 1.70. The van der Waals surface area contributed by atoms with Crippen LogP contribution < -0.4 is 5.32 Å². The second kappa shape index (κ2) is 8.56. The smallest absolute Gasteiger partial charge is 0.156 e. The molecule has 3 heteroatoms. The third-order valence-electron chi connectivity index (χ3n) is 9.67. The van der Waals surface area contributed by atoms with Crippen molar-refractivity contribution in [2.45, 2.75) is 78.1 Å². The first kappa shape index (κ1) is 23.2. The van der Waals surface area contributed by atoms with E-state index in [1.165, 1.54) is 16.7 Å². The maximum Gasteiger partial charge on any atom is 0.156 e. The molecule has 0 heterocycles. The molecular weight excluding hydrogens is 418 g/mol. The Kier molecular flexibility index (Phi) is 5.83. The fourth-order valence-electron chi connectivity index (χ4n) is 8.12. The highest BCUT2D eigenvalue weighted by Crippen LogP contribution is 2.69. The number of anilines is 1. The largest absolute Gasteiger partial charge is 0.388 e. The number of carbonyl (C=O) groups is 2. The monoisotopic (exact) mass is 455 g/mol. The fraction of sp³-hybridized carbons (Fsp3) is 0.548. The first-order valence-electron chi connectivity index (χ1n) is 13.1. The summed E-state index contributed by atoms with van der Waals surface area (Å²) >= 11 is 0. The fourth-order valence-corrected chi connectivity index (χ4v) is 8.12. The van der Waals surface area contributed by atoms with Crippen LogP contribution in [-0.2, 0) is 9.59 Å². The second-order valence-corrected chi connectivity index (χ2v) is 11.0. The molecule has 34 heavy (non-hydrogen) atoms. The van der Waals surface area contributed by atoms with E-state index >= 15 is 0 Å². The molecule has 0 unspecified atom stereocenters. The molecule has 0 amide bonds. The van der Waals surface area contributed by atoms with Crippen LogP contribution in [0.25, 0.3) is 0 Å². The highest BCUT2D eigenvalue weighted by Gasteiger charge is 2.65. The van der Waals surface area contributed by atoms with Crippen LogP contribution in [0.15, 0.2) is 47.1 Å². The van der Waals surface area contributed by atoms with Gasteiger partial charge in [-0.3, -0.25) is 9.59 Å². The highest BCUT2D eigenvalue weighted by atomic mass is 16.1. The topological polar surface area (TPSA) is 46.2 Å². The molecular formula is C31H37NO2. The molecule has 2 saturated carbocycles. The van der Waals surface area contributed by atoms with Gasteiger partial charge in [0.05, 0.1) is 5.41 Å². The van der Waals surface area contributed by atoms with Crippen molar-refractivity contribution in [2.75, 3.05) is 12.4 Å². The minimum Gasteiger partial charge on any atom is -0.388 e. The summed E-state index contributed by atoms with van der Waals surface area (Å²) in [7, 11) is 1.95. The zero-order valence-corrected chi connectivity index (χ0v) is 21.1. The molecule has 4 aliphatic carbocycles. The molecule has 0 radical (unpaired) electrons. The Morgan fingerprint density at radius 2 is 1.91 bits per heavy atom. The number of hydrogen-bond donors (Lipinski definition) is 1. The molecule has 0 saturated heterocycles. The minimum absolute atomic E-state index is 0.143. The van der Waals surface area contributed by atoms with E-state index in [2.05, 4.69) is 48.3 Å². The molecule has 5 rings (SSSR count). The van der Waals surface area contributed by atoms with Crippen LogP contribution in [0.3, 0.4) is 0 Å². The van der Waals surface area contributed by atoms with E-state index < -0.39 is 5.41 Å². The Morgan fingerprint density at radius 1 is 1.15 bits per heavy atom. The first-order valence-corrected chi connectivity index (χ1v) is 13.1. The van der Waals surface area contributed by atoms with E-state index in [0.717, 1.165) is 44.2 Å². The van der Waals surface area contributed by atoms with Gasteiger partial charge in [0.15, 0.2) is 11.6 Å². The van der Waals surface area contributed by atoms with Gasteiger partial charge in [-0.15, -0.1) is 5.92 Å². The van der Waals surface area contributed by atoms with Gasteiger partial charge in [0.1, 0.15) is 0 Å². The van der Waals surface area contributed by atoms with Crippen molar-refractivity contribution in [3.05, 3.63) is 52.6 Å². The number of rotatable bonds is 4. The van der Waals surface area contributed by atoms with Gasteiger partial charge in [0, 0.05) is 31.5 Å². The van der Waals surface area contributed by atoms with E-state index in [1.54, 1.807) is 5.57 Å². The van der Waals surface area contributed by atoms with Crippen LogP contribution in [0.2, 0.25) is 0 Å². The number of fused-ring (bicyclic) bond motifs is 4. The molecule has 1 N–H and O–H groups in total. The molecule has 0 aliphatic heterocycles. The molecule has 4 aliphatic rings. The van der Waals surface area contributed by atoms with Gasteiger partial charge in [0.25, 0.3) is 0 Å². The summed E-state index contributed by atoms with van der Waals surface area (Å²) in [4.78, 5) is 25.8. The average Bonchev–Trinajstić information content (AvgIpc) is 3.15. The summed E-state index contributed by atoms with van der Waals surface area (Å²) in [6.07, 6.45) is 8.95. The summed E-state index contributed by atoms with van der Waals surface area (Å²) in [5.74, 6) is 8.51. The maximum atomic E-state index is 13.6. The third kappa shape index (κ3) is 3.25. The van der Waals surface area contributed by atoms with Gasteiger partial charge in [0.2, 0.25) is 0 Å². The summed E-state index contributed by atoms with van der Waals surface area (Å²) in [6.45, 7) is 6.27. The second-order valence-electron chi connectivity index (χ2n) is 11.0. The van der Waals surface area contributed by atoms with Gasteiger partial charge < -0.3 is 5.32 Å². The Labute approximate surface area is 204 Å². The zero-order valence-electron chi connectivity index (χ0n) is 21.1. The molecule has 0 aromatic heterocycles. The van der Waals surface area contributed by atoms with E-state index in [4.69, 9.17) is 0 Å². The zero-order chi connectivity index (χ0) is 24.1. The Bertz CT molecular complexity index is 1140. The van der Waals surface area contributed by atoms with Crippen LogP contribution in [-0.4, -0.2) is 18.6 Å². The van der Waals surface area contributed by atoms with Gasteiger partial charge >= 0.3 is 0 Å². The van der Waals surface area contributed by atoms with E-state index in [1.807, 2.05) is 27.0 Å². The van der Waals surface area contributed by atoms with Crippen LogP contribution >= 0.6 is 0 Å². The van der Waals surface area contributed by atoms with Crippen molar-refractivity contribution in [3.63, 3.8) is 0 Å². The lowest BCUT2D eigenvalue weighted by atomic mass is 9.48. The summed E-state index contributed by atoms with van der Waals surface area (Å²) in [5.41, 5.74) is 6.08. The lowest BCUT2D eigenvalue weighted by molar-refractivity contribution is -0.132. The van der Waals surface area contributed by atoms with Crippen molar-refractivity contribution in [1.29, 1.82) is 0 Å². The van der Waals surface area contributed by atoms with E-state index in [0.29, 0.717) is 30.5 Å². The molecule has 0 bridgehead atoms. The average molecular weight is 456 g/mol. The van der Waals surface area contributed by atoms with Crippen LogP contribution in [0.5, 0.6) is 0 Å². The Morgan fingerprint density at radius 3 is 2.59 bits per heavy atom. The van der Waals surface area contributed by atoms with Gasteiger partial charge in [-0.2, -0.15) is 0 Å². The highest BCUT2D eigenvalue weighted by molar-refractivity contribution is 5.93. The number of carbonyl (C=O) groups excluding carboxylic acids is 2. The lowest BCUT2D eigenvalue weighted by Gasteiger charge is -2.54. The number of nitrogens with one attached hydrogen (secondary N) is 1. The van der Waals surface area contributed by atoms with Crippen LogP contribution in [0, 0.1) is 34.5 Å². The van der Waals surface area contributed by atoms with Crippen molar-refractivity contribution in [2.24, 2.45) is 22.7 Å². The van der Waals surface area contributed by atoms with E-state index in [-0.39, 0.29) is 17.1 Å². The lowest BCUT2D eigenvalue weighted by Crippen LogP contribution is -2.50. The quantitative estimate of drug-likeness (QED) is 0.519. The van der Waals surface area contributed by atoms with Crippen LogP contribution in [0.1, 0.15) is 83.6 Å². The number of hydrogen-bond acceptors (Lipinski definition) is 3. The molecule has 5 atom stereocenters. The minimum atomic E-state index is -0.542. The maximum absolute atomic E-state index is 13.6. The van der Waals surface area contributed by atoms with Gasteiger partial charge in [-0.1, -0.05) is 37.5 Å². The number of benzene rings is 1. The van der Waals surface area contributed by atoms with Crippen molar-refractivity contribution < 1.29 is 9.59 Å². The molecule has 1 aromatic rings. The van der Waals surface area contributed by atoms with Gasteiger partial charge in [-0.05, 0) is 97.6 Å². The number of ketones is 2. The summed E-state index contributed by atoms with van der Waals surface area (Å²) < 4.78 is 0. The molecule has 3 nitrogen and oxygen atoms in total. The van der Waals surface area contributed by atoms with E-state index in [9.17, 15) is 9.59 Å². The van der Waals surface area contributed by atoms with Gasteiger partial charge in [-0.25, -0.2) is 0 Å². The summed E-state index contributed by atoms with van der Waals surface area (Å²) in [6, 6.07) is 8.86. The van der Waals surface area contributed by atoms with Crippen molar-refractivity contribution in [3.8, 4) is 11.8 Å². The Hall–Kier alpha value is -2.60. The summed E-state index contributed by atoms with van der Waals surface area (Å²) in [5, 5.41) is 3.24. The third-order valence-corrected chi connectivity index (χ3v) is 9.67. The van der Waals surface area contributed by atoms with Crippen LogP contribution in [0.4, 0.5) is 5.69 Å². The number of allylic oxidation sites excluding steroid dienone is 4.